The summed E-state index contributed by atoms with van der Waals surface area (Å²) in [5.41, 5.74) is 6.74. The molecule has 4 aromatic rings. The molecule has 4 nitrogen and oxygen atoms in total. The van der Waals surface area contributed by atoms with Gasteiger partial charge in [0.1, 0.15) is 0 Å². The average molecular weight is 439 g/mol. The molecular weight excluding hydrogens is 420 g/mol. The number of halogens is 2. The van der Waals surface area contributed by atoms with Crippen molar-refractivity contribution in [3.05, 3.63) is 95.5 Å². The number of fused-ring (bicyclic) bond motifs is 4. The van der Waals surface area contributed by atoms with Crippen LogP contribution in [0.4, 0.5) is 20.2 Å². The van der Waals surface area contributed by atoms with Crippen molar-refractivity contribution in [1.29, 1.82) is 0 Å². The van der Waals surface area contributed by atoms with Gasteiger partial charge in [0.2, 0.25) is 0 Å². The first kappa shape index (κ1) is 19.8. The lowest BCUT2D eigenvalue weighted by atomic mass is 9.96. The molecular formula is C27H19F2N3O. The summed E-state index contributed by atoms with van der Waals surface area (Å²) in [6.07, 6.45) is 12.1. The van der Waals surface area contributed by atoms with E-state index in [4.69, 9.17) is 0 Å². The van der Waals surface area contributed by atoms with Crippen molar-refractivity contribution in [3.63, 3.8) is 0 Å². The maximum Gasteiger partial charge on any atom is 0.160 e. The Kier molecular flexibility index (Phi) is 4.55. The second kappa shape index (κ2) is 7.60. The van der Waals surface area contributed by atoms with Gasteiger partial charge in [-0.3, -0.25) is 9.97 Å². The number of anilines is 2. The molecule has 1 unspecified atom stereocenters. The fourth-order valence-corrected chi connectivity index (χ4v) is 4.55. The molecule has 2 aliphatic rings. The number of nitrogens with zero attached hydrogens (tertiary/aromatic N) is 3. The second-order valence-corrected chi connectivity index (χ2v) is 8.24. The summed E-state index contributed by atoms with van der Waals surface area (Å²) < 4.78 is 27.6. The summed E-state index contributed by atoms with van der Waals surface area (Å²) in [6, 6.07) is 11.7. The molecule has 162 valence electrons. The first-order chi connectivity index (χ1) is 16.1. The fourth-order valence-electron chi connectivity index (χ4n) is 4.55. The van der Waals surface area contributed by atoms with Crippen LogP contribution in [0.2, 0.25) is 0 Å². The van der Waals surface area contributed by atoms with E-state index in [1.807, 2.05) is 24.4 Å². The third kappa shape index (κ3) is 3.31. The van der Waals surface area contributed by atoms with Crippen molar-refractivity contribution in [2.45, 2.75) is 19.1 Å². The molecule has 33 heavy (non-hydrogen) atoms. The summed E-state index contributed by atoms with van der Waals surface area (Å²) in [5.74, 6) is -1.90. The molecule has 0 saturated heterocycles. The van der Waals surface area contributed by atoms with Gasteiger partial charge < -0.3 is 10.0 Å². The standard InChI is InChI=1S/C27H19F2N3O/c28-22-8-7-20(13-23(22)29)32-26(33)10-6-18-14-31-25-9-5-16(12-21(25)27(18)32)19-11-17-3-1-2-4-24(17)30-15-19/h2,4-15,26,33H,1,3H2. The molecule has 0 bridgehead atoms. The van der Waals surface area contributed by atoms with Crippen LogP contribution in [0.1, 0.15) is 23.2 Å². The van der Waals surface area contributed by atoms with Crippen molar-refractivity contribution < 1.29 is 13.9 Å². The minimum Gasteiger partial charge on any atom is -0.370 e. The van der Waals surface area contributed by atoms with E-state index < -0.39 is 17.9 Å². The minimum atomic E-state index is -1.03. The molecule has 6 rings (SSSR count). The highest BCUT2D eigenvalue weighted by Gasteiger charge is 2.26. The lowest BCUT2D eigenvalue weighted by Crippen LogP contribution is -2.32. The number of benzene rings is 2. The Morgan fingerprint density at radius 2 is 1.82 bits per heavy atom. The monoisotopic (exact) mass is 439 g/mol. The van der Waals surface area contributed by atoms with E-state index in [9.17, 15) is 13.9 Å². The minimum absolute atomic E-state index is 0.354. The van der Waals surface area contributed by atoms with Gasteiger partial charge in [0.05, 0.1) is 16.9 Å². The number of aliphatic hydroxyl groups is 1. The molecule has 1 aliphatic carbocycles. The number of pyridine rings is 2. The summed E-state index contributed by atoms with van der Waals surface area (Å²) >= 11 is 0. The molecule has 0 spiro atoms. The molecule has 1 atom stereocenters. The van der Waals surface area contributed by atoms with Crippen LogP contribution in [0.25, 0.3) is 34.2 Å². The van der Waals surface area contributed by atoms with Gasteiger partial charge in [0, 0.05) is 40.7 Å². The Balaban J connectivity index is 1.54. The Morgan fingerprint density at radius 1 is 0.909 bits per heavy atom. The molecule has 2 aromatic heterocycles. The van der Waals surface area contributed by atoms with E-state index in [0.29, 0.717) is 11.4 Å². The van der Waals surface area contributed by atoms with Crippen molar-refractivity contribution in [1.82, 2.24) is 9.97 Å². The predicted octanol–water partition coefficient (Wildman–Crippen LogP) is 6.02. The molecule has 3 heterocycles. The number of aliphatic hydroxyl groups excluding tert-OH is 1. The van der Waals surface area contributed by atoms with Gasteiger partial charge in [-0.25, -0.2) is 8.78 Å². The molecule has 0 radical (unpaired) electrons. The van der Waals surface area contributed by atoms with Crippen LogP contribution in [0, 0.1) is 11.6 Å². The van der Waals surface area contributed by atoms with E-state index in [1.165, 1.54) is 11.6 Å². The SMILES string of the molecule is OC1C=Cc2cnc3ccc(-c4cnc5c(c4)CCC=C5)cc3c2N1c1ccc(F)c(F)c1. The molecule has 0 amide bonds. The number of allylic oxidation sites excluding steroid dienone is 1. The Bertz CT molecular complexity index is 1480. The topological polar surface area (TPSA) is 49.3 Å². The molecule has 1 aliphatic heterocycles. The van der Waals surface area contributed by atoms with Gasteiger partial charge in [0.15, 0.2) is 17.9 Å². The predicted molar refractivity (Wildman–Crippen MR) is 126 cm³/mol. The Labute approximate surface area is 189 Å². The Hall–Kier alpha value is -3.90. The largest absolute Gasteiger partial charge is 0.370 e. The number of rotatable bonds is 2. The highest BCUT2D eigenvalue weighted by molar-refractivity contribution is 6.01. The van der Waals surface area contributed by atoms with E-state index in [1.54, 1.807) is 23.2 Å². The normalized spacial score (nSPS) is 16.7. The summed E-state index contributed by atoms with van der Waals surface area (Å²) in [4.78, 5) is 10.8. The molecule has 0 fully saturated rings. The molecule has 2 aromatic carbocycles. The zero-order valence-corrected chi connectivity index (χ0v) is 17.5. The number of aromatic nitrogens is 2. The molecule has 6 heteroatoms. The second-order valence-electron chi connectivity index (χ2n) is 8.24. The highest BCUT2D eigenvalue weighted by Crippen LogP contribution is 2.41. The lowest BCUT2D eigenvalue weighted by molar-refractivity contribution is 0.229. The van der Waals surface area contributed by atoms with Gasteiger partial charge in [-0.05, 0) is 66.5 Å². The van der Waals surface area contributed by atoms with Crippen LogP contribution in [-0.2, 0) is 6.42 Å². The van der Waals surface area contributed by atoms with E-state index in [2.05, 4.69) is 28.2 Å². The lowest BCUT2D eigenvalue weighted by Gasteiger charge is -2.33. The summed E-state index contributed by atoms with van der Waals surface area (Å²) in [5, 5.41) is 11.6. The van der Waals surface area contributed by atoms with Crippen LogP contribution in [0.15, 0.2) is 67.0 Å². The highest BCUT2D eigenvalue weighted by atomic mass is 19.2. The number of aryl methyl sites for hydroxylation is 1. The number of hydrogen-bond acceptors (Lipinski definition) is 4. The van der Waals surface area contributed by atoms with Crippen LogP contribution in [0.3, 0.4) is 0 Å². The van der Waals surface area contributed by atoms with Crippen molar-refractivity contribution in [2.24, 2.45) is 0 Å². The van der Waals surface area contributed by atoms with Crippen LogP contribution < -0.4 is 4.90 Å². The van der Waals surface area contributed by atoms with E-state index in [-0.39, 0.29) is 0 Å². The van der Waals surface area contributed by atoms with Crippen molar-refractivity contribution >= 4 is 34.4 Å². The zero-order chi connectivity index (χ0) is 22.5. The van der Waals surface area contributed by atoms with Gasteiger partial charge in [0.25, 0.3) is 0 Å². The van der Waals surface area contributed by atoms with E-state index >= 15 is 0 Å². The third-order valence-electron chi connectivity index (χ3n) is 6.19. The van der Waals surface area contributed by atoms with Gasteiger partial charge in [-0.1, -0.05) is 18.2 Å². The van der Waals surface area contributed by atoms with Crippen LogP contribution in [0.5, 0.6) is 0 Å². The smallest absolute Gasteiger partial charge is 0.160 e. The third-order valence-corrected chi connectivity index (χ3v) is 6.19. The zero-order valence-electron chi connectivity index (χ0n) is 17.5. The Morgan fingerprint density at radius 3 is 2.70 bits per heavy atom. The molecule has 0 saturated carbocycles. The van der Waals surface area contributed by atoms with Crippen molar-refractivity contribution in [3.8, 4) is 11.1 Å². The maximum atomic E-state index is 14.0. The van der Waals surface area contributed by atoms with Gasteiger partial charge in [-0.15, -0.1) is 0 Å². The van der Waals surface area contributed by atoms with Crippen LogP contribution >= 0.6 is 0 Å². The van der Waals surface area contributed by atoms with Crippen molar-refractivity contribution in [2.75, 3.05) is 4.90 Å². The average Bonchev–Trinajstić information content (AvgIpc) is 2.85. The first-order valence-electron chi connectivity index (χ1n) is 10.8. The quantitative estimate of drug-likeness (QED) is 0.415. The fraction of sp³-hybridized carbons (Fsp3) is 0.111. The summed E-state index contributed by atoms with van der Waals surface area (Å²) in [6.45, 7) is 0. The van der Waals surface area contributed by atoms with E-state index in [0.717, 1.165) is 58.3 Å². The summed E-state index contributed by atoms with van der Waals surface area (Å²) in [7, 11) is 0. The number of hydrogen-bond donors (Lipinski definition) is 1. The van der Waals surface area contributed by atoms with Crippen LogP contribution in [-0.4, -0.2) is 21.3 Å². The molecule has 1 N–H and O–H groups in total. The maximum absolute atomic E-state index is 14.0. The van der Waals surface area contributed by atoms with Gasteiger partial charge in [-0.2, -0.15) is 0 Å². The van der Waals surface area contributed by atoms with Gasteiger partial charge >= 0.3 is 0 Å². The first-order valence-corrected chi connectivity index (χ1v) is 10.8.